The van der Waals surface area contributed by atoms with E-state index in [1.165, 1.54) is 19.8 Å². The SMILES string of the molecule is COC(=O)C1=C(C(=O)OC)N(c2ccc3c(c2)ncn3CCc2ccc(Cl)cc2)COC1. The van der Waals surface area contributed by atoms with E-state index in [1.807, 2.05) is 42.5 Å². The summed E-state index contributed by atoms with van der Waals surface area (Å²) < 4.78 is 17.3. The molecule has 0 spiro atoms. The molecule has 2 aromatic carbocycles. The van der Waals surface area contributed by atoms with E-state index in [0.717, 1.165) is 24.0 Å². The average molecular weight is 456 g/mol. The largest absolute Gasteiger partial charge is 0.466 e. The molecule has 2 heterocycles. The zero-order valence-electron chi connectivity index (χ0n) is 17.7. The summed E-state index contributed by atoms with van der Waals surface area (Å²) in [5.74, 6) is -1.27. The highest BCUT2D eigenvalue weighted by Gasteiger charge is 2.32. The van der Waals surface area contributed by atoms with Crippen molar-refractivity contribution in [2.24, 2.45) is 0 Å². The summed E-state index contributed by atoms with van der Waals surface area (Å²) in [7, 11) is 2.52. The molecule has 0 amide bonds. The predicted octanol–water partition coefficient (Wildman–Crippen LogP) is 3.33. The number of hydrogen-bond donors (Lipinski definition) is 0. The number of halogens is 1. The molecule has 0 saturated carbocycles. The third-order valence-electron chi connectivity index (χ3n) is 5.30. The molecule has 1 aliphatic heterocycles. The number of nitrogens with zero attached hydrogens (tertiary/aromatic N) is 3. The van der Waals surface area contributed by atoms with Gasteiger partial charge in [-0.25, -0.2) is 14.6 Å². The summed E-state index contributed by atoms with van der Waals surface area (Å²) in [6.07, 6.45) is 2.62. The topological polar surface area (TPSA) is 82.9 Å². The molecule has 0 fully saturated rings. The van der Waals surface area contributed by atoms with Crippen LogP contribution in [0.25, 0.3) is 11.0 Å². The van der Waals surface area contributed by atoms with Gasteiger partial charge in [-0.3, -0.25) is 0 Å². The molecule has 0 saturated heterocycles. The van der Waals surface area contributed by atoms with E-state index in [0.29, 0.717) is 10.7 Å². The van der Waals surface area contributed by atoms with Gasteiger partial charge in [-0.2, -0.15) is 0 Å². The first kappa shape index (κ1) is 21.9. The molecule has 0 bridgehead atoms. The summed E-state index contributed by atoms with van der Waals surface area (Å²) in [4.78, 5) is 30.8. The molecule has 9 heteroatoms. The molecule has 0 aliphatic carbocycles. The Bertz CT molecular complexity index is 1190. The fourth-order valence-corrected chi connectivity index (χ4v) is 3.77. The number of anilines is 1. The van der Waals surface area contributed by atoms with Crippen LogP contribution in [0.15, 0.2) is 60.1 Å². The maximum atomic E-state index is 12.5. The summed E-state index contributed by atoms with van der Waals surface area (Å²) in [5, 5.41) is 0.715. The lowest BCUT2D eigenvalue weighted by Crippen LogP contribution is -2.38. The van der Waals surface area contributed by atoms with Crippen molar-refractivity contribution in [1.29, 1.82) is 0 Å². The Hall–Kier alpha value is -3.36. The molecule has 32 heavy (non-hydrogen) atoms. The molecule has 3 aromatic rings. The Morgan fingerprint density at radius 1 is 1.09 bits per heavy atom. The molecule has 166 valence electrons. The van der Waals surface area contributed by atoms with Crippen molar-refractivity contribution in [3.8, 4) is 0 Å². The Morgan fingerprint density at radius 3 is 2.56 bits per heavy atom. The van der Waals surface area contributed by atoms with E-state index < -0.39 is 11.9 Å². The molecule has 1 aliphatic rings. The molecule has 0 atom stereocenters. The number of aromatic nitrogens is 2. The number of fused-ring (bicyclic) bond motifs is 1. The van der Waals surface area contributed by atoms with E-state index in [2.05, 4.69) is 9.55 Å². The van der Waals surface area contributed by atoms with Crippen molar-refractivity contribution in [2.45, 2.75) is 13.0 Å². The van der Waals surface area contributed by atoms with Gasteiger partial charge in [0.25, 0.3) is 0 Å². The van der Waals surface area contributed by atoms with Gasteiger partial charge in [0.2, 0.25) is 0 Å². The smallest absolute Gasteiger partial charge is 0.355 e. The minimum Gasteiger partial charge on any atom is -0.466 e. The Morgan fingerprint density at radius 2 is 1.84 bits per heavy atom. The molecule has 8 nitrogen and oxygen atoms in total. The fourth-order valence-electron chi connectivity index (χ4n) is 3.65. The number of ether oxygens (including phenoxy) is 3. The minimum atomic E-state index is -0.637. The number of imidazole rings is 1. The first-order chi connectivity index (χ1) is 15.5. The van der Waals surface area contributed by atoms with Crippen molar-refractivity contribution in [2.75, 3.05) is 32.5 Å². The van der Waals surface area contributed by atoms with Crippen molar-refractivity contribution < 1.29 is 23.8 Å². The standard InChI is InChI=1S/C23H22ClN3O5/c1-30-22(28)18-12-32-14-27(21(18)23(29)31-2)17-7-8-20-19(11-17)25-13-26(20)10-9-15-3-5-16(24)6-4-15/h3-8,11,13H,9-10,12,14H2,1-2H3. The van der Waals surface area contributed by atoms with Crippen molar-refractivity contribution in [3.63, 3.8) is 0 Å². The summed E-state index contributed by atoms with van der Waals surface area (Å²) in [6, 6.07) is 13.4. The Balaban J connectivity index is 1.62. The summed E-state index contributed by atoms with van der Waals surface area (Å²) >= 11 is 5.96. The molecular formula is C23H22ClN3O5. The lowest BCUT2D eigenvalue weighted by Gasteiger charge is -2.31. The second kappa shape index (κ2) is 9.42. The molecular weight excluding hydrogens is 434 g/mol. The number of aryl methyl sites for hydroxylation is 2. The average Bonchev–Trinajstić information content (AvgIpc) is 3.24. The third-order valence-corrected chi connectivity index (χ3v) is 5.56. The van der Waals surface area contributed by atoms with Crippen molar-refractivity contribution in [3.05, 3.63) is 70.6 Å². The molecule has 0 radical (unpaired) electrons. The Kier molecular flexibility index (Phi) is 6.43. The van der Waals surface area contributed by atoms with Gasteiger partial charge in [-0.15, -0.1) is 0 Å². The van der Waals surface area contributed by atoms with Crippen LogP contribution < -0.4 is 4.90 Å². The number of esters is 2. The van der Waals surface area contributed by atoms with Crippen LogP contribution in [0.1, 0.15) is 5.56 Å². The molecule has 0 unspecified atom stereocenters. The van der Waals surface area contributed by atoms with Crippen LogP contribution in [0.2, 0.25) is 5.02 Å². The molecule has 0 N–H and O–H groups in total. The number of rotatable bonds is 6. The first-order valence-corrected chi connectivity index (χ1v) is 10.3. The molecule has 1 aromatic heterocycles. The van der Waals surface area contributed by atoms with Crippen molar-refractivity contribution in [1.82, 2.24) is 9.55 Å². The monoisotopic (exact) mass is 455 g/mol. The first-order valence-electron chi connectivity index (χ1n) is 9.96. The summed E-state index contributed by atoms with van der Waals surface area (Å²) in [6.45, 7) is 0.812. The third kappa shape index (κ3) is 4.32. The maximum Gasteiger partial charge on any atom is 0.355 e. The highest BCUT2D eigenvalue weighted by Crippen LogP contribution is 2.29. The van der Waals surface area contributed by atoms with Gasteiger partial charge in [-0.1, -0.05) is 23.7 Å². The normalized spacial score (nSPS) is 14.0. The highest BCUT2D eigenvalue weighted by molar-refractivity contribution is 6.30. The van der Waals surface area contributed by atoms with Crippen LogP contribution >= 0.6 is 11.6 Å². The number of methoxy groups -OCH3 is 2. The van der Waals surface area contributed by atoms with Crippen LogP contribution in [-0.4, -0.2) is 49.0 Å². The van der Waals surface area contributed by atoms with Crippen LogP contribution in [-0.2, 0) is 36.8 Å². The fraction of sp³-hybridized carbons (Fsp3) is 0.261. The quantitative estimate of drug-likeness (QED) is 0.527. The number of carbonyl (C=O) groups excluding carboxylic acids is 2. The number of hydrogen-bond acceptors (Lipinski definition) is 7. The van der Waals surface area contributed by atoms with E-state index >= 15 is 0 Å². The number of carbonyl (C=O) groups is 2. The van der Waals surface area contributed by atoms with E-state index in [4.69, 9.17) is 25.8 Å². The van der Waals surface area contributed by atoms with Crippen LogP contribution in [0.3, 0.4) is 0 Å². The minimum absolute atomic E-state index is 0.0326. The summed E-state index contributed by atoms with van der Waals surface area (Å²) in [5.41, 5.74) is 3.76. The van der Waals surface area contributed by atoms with Gasteiger partial charge in [0.15, 0.2) is 0 Å². The number of benzene rings is 2. The van der Waals surface area contributed by atoms with Crippen molar-refractivity contribution >= 4 is 40.3 Å². The maximum absolute atomic E-state index is 12.5. The van der Waals surface area contributed by atoms with Crippen LogP contribution in [0, 0.1) is 0 Å². The zero-order valence-corrected chi connectivity index (χ0v) is 18.5. The highest BCUT2D eigenvalue weighted by atomic mass is 35.5. The van der Waals surface area contributed by atoms with Gasteiger partial charge < -0.3 is 23.7 Å². The van der Waals surface area contributed by atoms with Crippen LogP contribution in [0.4, 0.5) is 5.69 Å². The lowest BCUT2D eigenvalue weighted by atomic mass is 10.1. The van der Waals surface area contributed by atoms with Gasteiger partial charge in [0, 0.05) is 17.3 Å². The van der Waals surface area contributed by atoms with E-state index in [1.54, 1.807) is 11.2 Å². The van der Waals surface area contributed by atoms with E-state index in [-0.39, 0.29) is 24.6 Å². The second-order valence-corrected chi connectivity index (χ2v) is 7.64. The zero-order chi connectivity index (χ0) is 22.7. The van der Waals surface area contributed by atoms with E-state index in [9.17, 15) is 9.59 Å². The molecule has 4 rings (SSSR count). The lowest BCUT2D eigenvalue weighted by molar-refractivity contribution is -0.140. The van der Waals surface area contributed by atoms with Gasteiger partial charge in [0.1, 0.15) is 12.4 Å². The van der Waals surface area contributed by atoms with Crippen LogP contribution in [0.5, 0.6) is 0 Å². The van der Waals surface area contributed by atoms with Gasteiger partial charge in [0.05, 0.1) is 43.8 Å². The predicted molar refractivity (Wildman–Crippen MR) is 119 cm³/mol. The second-order valence-electron chi connectivity index (χ2n) is 7.20. The van der Waals surface area contributed by atoms with Gasteiger partial charge >= 0.3 is 11.9 Å². The van der Waals surface area contributed by atoms with Gasteiger partial charge in [-0.05, 0) is 42.3 Å². The Labute approximate surface area is 189 Å².